The molecule has 0 bridgehead atoms. The lowest BCUT2D eigenvalue weighted by Crippen LogP contribution is -2.62. The van der Waals surface area contributed by atoms with Gasteiger partial charge in [0.25, 0.3) is 0 Å². The number of rotatable bonds is 5. The minimum Gasteiger partial charge on any atom is -0.388 e. The number of aliphatic hydroxyl groups is 1. The molecule has 0 spiro atoms. The van der Waals surface area contributed by atoms with Crippen LogP contribution in [0.15, 0.2) is 54.9 Å². The van der Waals surface area contributed by atoms with Crippen LogP contribution >= 0.6 is 0 Å². The molecule has 1 aliphatic heterocycles. The van der Waals surface area contributed by atoms with E-state index in [0.29, 0.717) is 6.42 Å². The highest BCUT2D eigenvalue weighted by molar-refractivity contribution is 5.81. The predicted molar refractivity (Wildman–Crippen MR) is 104 cm³/mol. The second-order valence-corrected chi connectivity index (χ2v) is 8.05. The largest absolute Gasteiger partial charge is 0.388 e. The Hall–Kier alpha value is -2.24. The number of carbonyl (C=O) groups is 1. The molecule has 2 aromatic rings. The van der Waals surface area contributed by atoms with Crippen molar-refractivity contribution in [2.75, 3.05) is 6.54 Å². The fourth-order valence-corrected chi connectivity index (χ4v) is 4.02. The van der Waals surface area contributed by atoms with Gasteiger partial charge in [0.2, 0.25) is 5.91 Å². The van der Waals surface area contributed by atoms with E-state index in [1.54, 1.807) is 12.4 Å². The topological polar surface area (TPSA) is 65.5 Å². The molecule has 3 unspecified atom stereocenters. The van der Waals surface area contributed by atoms with Crippen LogP contribution in [0.25, 0.3) is 0 Å². The maximum absolute atomic E-state index is 12.6. The van der Waals surface area contributed by atoms with Crippen molar-refractivity contribution >= 4 is 5.91 Å². The van der Waals surface area contributed by atoms with Crippen LogP contribution in [0.3, 0.4) is 0 Å². The van der Waals surface area contributed by atoms with E-state index in [1.165, 1.54) is 5.56 Å². The number of benzene rings is 1. The molecule has 142 valence electrons. The fourth-order valence-electron chi connectivity index (χ4n) is 4.02. The third kappa shape index (κ3) is 4.04. The molecule has 1 saturated heterocycles. The monoisotopic (exact) mass is 365 g/mol. The average Bonchev–Trinajstić information content (AvgIpc) is 3.51. The summed E-state index contributed by atoms with van der Waals surface area (Å²) >= 11 is 0. The van der Waals surface area contributed by atoms with Crippen molar-refractivity contribution in [1.82, 2.24) is 15.2 Å². The first-order valence-electron chi connectivity index (χ1n) is 9.75. The normalized spacial score (nSPS) is 28.7. The minimum atomic E-state index is -0.945. The van der Waals surface area contributed by atoms with Crippen LogP contribution in [0.5, 0.6) is 0 Å². The Morgan fingerprint density at radius 1 is 1.22 bits per heavy atom. The van der Waals surface area contributed by atoms with Gasteiger partial charge in [-0.15, -0.1) is 0 Å². The van der Waals surface area contributed by atoms with Crippen molar-refractivity contribution in [2.45, 2.75) is 50.4 Å². The Bertz CT molecular complexity index is 775. The predicted octanol–water partition coefficient (Wildman–Crippen LogP) is 2.67. The van der Waals surface area contributed by atoms with Crippen LogP contribution < -0.4 is 5.32 Å². The van der Waals surface area contributed by atoms with Gasteiger partial charge >= 0.3 is 0 Å². The number of hydrogen-bond donors (Lipinski definition) is 2. The van der Waals surface area contributed by atoms with E-state index in [2.05, 4.69) is 27.3 Å². The number of likely N-dealkylation sites (tertiary alicyclic amines) is 1. The van der Waals surface area contributed by atoms with E-state index >= 15 is 0 Å². The third-order valence-corrected chi connectivity index (χ3v) is 5.81. The fraction of sp³-hybridized carbons (Fsp3) is 0.455. The molecule has 2 fully saturated rings. The highest BCUT2D eigenvalue weighted by Gasteiger charge is 2.47. The van der Waals surface area contributed by atoms with Gasteiger partial charge in [0.1, 0.15) is 0 Å². The van der Waals surface area contributed by atoms with Gasteiger partial charge in [-0.05, 0) is 49.4 Å². The maximum atomic E-state index is 12.6. The van der Waals surface area contributed by atoms with Gasteiger partial charge in [-0.3, -0.25) is 14.7 Å². The van der Waals surface area contributed by atoms with Gasteiger partial charge in [0, 0.05) is 31.4 Å². The Morgan fingerprint density at radius 3 is 2.59 bits per heavy atom. The molecule has 5 heteroatoms. The lowest BCUT2D eigenvalue weighted by atomic mass is 9.79. The van der Waals surface area contributed by atoms with Crippen molar-refractivity contribution in [3.63, 3.8) is 0 Å². The highest BCUT2D eigenvalue weighted by Crippen LogP contribution is 2.39. The molecule has 1 aromatic carbocycles. The van der Waals surface area contributed by atoms with Crippen molar-refractivity contribution < 1.29 is 9.90 Å². The Morgan fingerprint density at radius 2 is 1.93 bits per heavy atom. The SMILES string of the molecule is CC1(O)CCN(Cc2ccncc2)C(c2ccccc2)C1NC(=O)C1CC1. The average molecular weight is 365 g/mol. The number of carbonyl (C=O) groups excluding carboxylic acids is 1. The van der Waals surface area contributed by atoms with Crippen molar-refractivity contribution in [3.05, 3.63) is 66.0 Å². The maximum Gasteiger partial charge on any atom is 0.223 e. The van der Waals surface area contributed by atoms with Gasteiger partial charge < -0.3 is 10.4 Å². The number of aromatic nitrogens is 1. The molecule has 2 N–H and O–H groups in total. The molecule has 1 amide bonds. The van der Waals surface area contributed by atoms with Crippen molar-refractivity contribution in [1.29, 1.82) is 0 Å². The summed E-state index contributed by atoms with van der Waals surface area (Å²) in [6.07, 6.45) is 6.14. The zero-order valence-electron chi connectivity index (χ0n) is 15.7. The van der Waals surface area contributed by atoms with Crippen LogP contribution in [0, 0.1) is 5.92 Å². The summed E-state index contributed by atoms with van der Waals surface area (Å²) < 4.78 is 0. The Balaban J connectivity index is 1.66. The molecular formula is C22H27N3O2. The molecule has 5 nitrogen and oxygen atoms in total. The van der Waals surface area contributed by atoms with Gasteiger partial charge in [0.05, 0.1) is 17.7 Å². The smallest absolute Gasteiger partial charge is 0.223 e. The molecule has 2 aliphatic rings. The molecule has 27 heavy (non-hydrogen) atoms. The zero-order chi connectivity index (χ0) is 18.9. The first kappa shape index (κ1) is 18.1. The molecule has 1 saturated carbocycles. The Labute approximate surface area is 160 Å². The minimum absolute atomic E-state index is 0.0759. The van der Waals surface area contributed by atoms with E-state index in [9.17, 15) is 9.90 Å². The van der Waals surface area contributed by atoms with Crippen molar-refractivity contribution in [3.8, 4) is 0 Å². The standard InChI is InChI=1S/C22H27N3O2/c1-22(27)11-14-25(15-16-9-12-23-13-10-16)19(17-5-3-2-4-6-17)20(22)24-21(26)18-7-8-18/h2-6,9-10,12-13,18-20,27H,7-8,11,14-15H2,1H3,(H,24,26). The van der Waals surface area contributed by atoms with Crippen LogP contribution in [0.4, 0.5) is 0 Å². The van der Waals surface area contributed by atoms with E-state index < -0.39 is 5.60 Å². The summed E-state index contributed by atoms with van der Waals surface area (Å²) in [4.78, 5) is 19.0. The Kier molecular flexibility index (Phi) is 4.98. The van der Waals surface area contributed by atoms with Crippen LogP contribution in [0.1, 0.15) is 43.4 Å². The zero-order valence-corrected chi connectivity index (χ0v) is 15.7. The lowest BCUT2D eigenvalue weighted by molar-refractivity contribution is -0.130. The summed E-state index contributed by atoms with van der Waals surface area (Å²) in [6.45, 7) is 3.38. The number of nitrogens with zero attached hydrogens (tertiary/aromatic N) is 2. The summed E-state index contributed by atoms with van der Waals surface area (Å²) in [5.41, 5.74) is 1.35. The molecular weight excluding hydrogens is 338 g/mol. The molecule has 1 aromatic heterocycles. The van der Waals surface area contributed by atoms with Crippen LogP contribution in [-0.2, 0) is 11.3 Å². The van der Waals surface area contributed by atoms with Crippen molar-refractivity contribution in [2.24, 2.45) is 5.92 Å². The number of pyridine rings is 1. The van der Waals surface area contributed by atoms with E-state index in [4.69, 9.17) is 0 Å². The number of amides is 1. The number of piperidine rings is 1. The van der Waals surface area contributed by atoms with Gasteiger partial charge in [-0.2, -0.15) is 0 Å². The van der Waals surface area contributed by atoms with E-state index in [1.807, 2.05) is 37.3 Å². The summed E-state index contributed by atoms with van der Waals surface area (Å²) in [5, 5.41) is 14.3. The summed E-state index contributed by atoms with van der Waals surface area (Å²) in [7, 11) is 0. The molecule has 4 rings (SSSR count). The molecule has 2 heterocycles. The first-order chi connectivity index (χ1) is 13.0. The molecule has 0 radical (unpaired) electrons. The molecule has 3 atom stereocenters. The van der Waals surface area contributed by atoms with Gasteiger partial charge in [-0.1, -0.05) is 30.3 Å². The number of hydrogen-bond acceptors (Lipinski definition) is 4. The summed E-state index contributed by atoms with van der Waals surface area (Å²) in [6, 6.07) is 13.8. The highest BCUT2D eigenvalue weighted by atomic mass is 16.3. The molecule has 1 aliphatic carbocycles. The van der Waals surface area contributed by atoms with E-state index in [-0.39, 0.29) is 23.9 Å². The quantitative estimate of drug-likeness (QED) is 0.855. The second kappa shape index (κ2) is 7.41. The number of nitrogens with one attached hydrogen (secondary N) is 1. The third-order valence-electron chi connectivity index (χ3n) is 5.81. The van der Waals surface area contributed by atoms with E-state index in [0.717, 1.165) is 31.5 Å². The second-order valence-electron chi connectivity index (χ2n) is 8.05. The summed E-state index contributed by atoms with van der Waals surface area (Å²) in [5.74, 6) is 0.194. The first-order valence-corrected chi connectivity index (χ1v) is 9.75. The van der Waals surface area contributed by atoms with Gasteiger partial charge in [-0.25, -0.2) is 0 Å². The lowest BCUT2D eigenvalue weighted by Gasteiger charge is -2.49. The van der Waals surface area contributed by atoms with Crippen LogP contribution in [0.2, 0.25) is 0 Å². The van der Waals surface area contributed by atoms with Crippen LogP contribution in [-0.4, -0.2) is 39.1 Å². The van der Waals surface area contributed by atoms with Gasteiger partial charge in [0.15, 0.2) is 0 Å².